The second kappa shape index (κ2) is 7.46. The van der Waals surface area contributed by atoms with E-state index in [1.165, 1.54) is 18.4 Å². The van der Waals surface area contributed by atoms with Crippen LogP contribution in [0.5, 0.6) is 0 Å². The van der Waals surface area contributed by atoms with E-state index < -0.39 is 5.97 Å². The highest BCUT2D eigenvalue weighted by Gasteiger charge is 2.26. The summed E-state index contributed by atoms with van der Waals surface area (Å²) in [6.45, 7) is 1.01. The second-order valence-electron chi connectivity index (χ2n) is 5.41. The van der Waals surface area contributed by atoms with Crippen molar-refractivity contribution in [3.63, 3.8) is 0 Å². The summed E-state index contributed by atoms with van der Waals surface area (Å²) < 4.78 is 11.0. The van der Waals surface area contributed by atoms with Crippen molar-refractivity contribution in [2.45, 2.75) is 6.42 Å². The molecule has 1 aliphatic rings. The molecule has 1 aromatic heterocycles. The molecule has 0 radical (unpaired) electrons. The first-order chi connectivity index (χ1) is 11.6. The van der Waals surface area contributed by atoms with Crippen molar-refractivity contribution in [2.75, 3.05) is 25.6 Å². The lowest BCUT2D eigenvalue weighted by atomic mass is 10.1. The Hall–Kier alpha value is -1.70. The van der Waals surface area contributed by atoms with Crippen molar-refractivity contribution in [3.8, 4) is 10.4 Å². The van der Waals surface area contributed by atoms with Crippen molar-refractivity contribution in [1.82, 2.24) is 0 Å². The second-order valence-corrected chi connectivity index (χ2v) is 7.37. The lowest BCUT2D eigenvalue weighted by Gasteiger charge is -2.09. The molecule has 1 aliphatic heterocycles. The Morgan fingerprint density at radius 3 is 2.88 bits per heavy atom. The van der Waals surface area contributed by atoms with Gasteiger partial charge in [0.1, 0.15) is 4.88 Å². The van der Waals surface area contributed by atoms with Crippen LogP contribution in [0.1, 0.15) is 16.1 Å². The van der Waals surface area contributed by atoms with Crippen LogP contribution in [0.4, 0.5) is 5.69 Å². The van der Waals surface area contributed by atoms with E-state index in [-0.39, 0.29) is 11.8 Å². The van der Waals surface area contributed by atoms with Gasteiger partial charge in [-0.15, -0.1) is 11.3 Å². The van der Waals surface area contributed by atoms with Crippen LogP contribution in [0.2, 0.25) is 0 Å². The highest BCUT2D eigenvalue weighted by atomic mass is 79.9. The van der Waals surface area contributed by atoms with Crippen LogP contribution < -0.4 is 5.32 Å². The molecule has 1 unspecified atom stereocenters. The van der Waals surface area contributed by atoms with E-state index in [4.69, 9.17) is 9.47 Å². The molecule has 1 fully saturated rings. The quantitative estimate of drug-likeness (QED) is 0.776. The summed E-state index contributed by atoms with van der Waals surface area (Å²) in [6, 6.07) is 9.58. The third-order valence-electron chi connectivity index (χ3n) is 3.77. The Bertz CT molecular complexity index is 768. The van der Waals surface area contributed by atoms with Crippen molar-refractivity contribution >= 4 is 44.8 Å². The smallest absolute Gasteiger partial charge is 0.350 e. The van der Waals surface area contributed by atoms with Crippen molar-refractivity contribution < 1.29 is 19.1 Å². The molecular weight excluding hydrogens is 394 g/mol. The molecule has 1 atom stereocenters. The Kier molecular flexibility index (Phi) is 5.33. The number of amides is 1. The number of hydrogen-bond acceptors (Lipinski definition) is 5. The molecule has 0 saturated carbocycles. The SMILES string of the molecule is COC(=O)c1sc(-c2cccc(Br)c2)cc1NC(=O)C1CCOC1. The molecule has 0 spiro atoms. The number of carbonyl (C=O) groups excluding carboxylic acids is 2. The number of rotatable bonds is 4. The van der Waals surface area contributed by atoms with Gasteiger partial charge in [-0.25, -0.2) is 4.79 Å². The number of ether oxygens (including phenoxy) is 2. The van der Waals surface area contributed by atoms with Gasteiger partial charge in [-0.3, -0.25) is 4.79 Å². The molecule has 24 heavy (non-hydrogen) atoms. The molecule has 0 aliphatic carbocycles. The maximum Gasteiger partial charge on any atom is 0.350 e. The number of halogens is 1. The van der Waals surface area contributed by atoms with Crippen LogP contribution in [0.25, 0.3) is 10.4 Å². The molecular formula is C17H16BrNO4S. The molecule has 3 rings (SSSR count). The summed E-state index contributed by atoms with van der Waals surface area (Å²) in [6.07, 6.45) is 0.696. The van der Waals surface area contributed by atoms with E-state index in [0.717, 1.165) is 14.9 Å². The fourth-order valence-corrected chi connectivity index (χ4v) is 3.92. The molecule has 2 heterocycles. The van der Waals surface area contributed by atoms with Crippen LogP contribution >= 0.6 is 27.3 Å². The predicted octanol–water partition coefficient (Wildman–Crippen LogP) is 3.94. The van der Waals surface area contributed by atoms with E-state index in [1.807, 2.05) is 30.3 Å². The first-order valence-corrected chi connectivity index (χ1v) is 9.06. The minimum absolute atomic E-state index is 0.128. The normalized spacial score (nSPS) is 16.8. The Morgan fingerprint density at radius 2 is 2.21 bits per heavy atom. The number of nitrogens with one attached hydrogen (secondary N) is 1. The topological polar surface area (TPSA) is 64.6 Å². The molecule has 1 saturated heterocycles. The van der Waals surface area contributed by atoms with Gasteiger partial charge in [0.15, 0.2) is 0 Å². The van der Waals surface area contributed by atoms with E-state index in [9.17, 15) is 9.59 Å². The molecule has 0 bridgehead atoms. The minimum Gasteiger partial charge on any atom is -0.465 e. The zero-order chi connectivity index (χ0) is 17.1. The highest BCUT2D eigenvalue weighted by molar-refractivity contribution is 9.10. The van der Waals surface area contributed by atoms with Gasteiger partial charge in [-0.1, -0.05) is 28.1 Å². The molecule has 1 amide bonds. The first-order valence-electron chi connectivity index (χ1n) is 7.45. The van der Waals surface area contributed by atoms with Gasteiger partial charge >= 0.3 is 5.97 Å². The average molecular weight is 410 g/mol. The summed E-state index contributed by atoms with van der Waals surface area (Å²) in [4.78, 5) is 25.7. The van der Waals surface area contributed by atoms with E-state index >= 15 is 0 Å². The van der Waals surface area contributed by atoms with Crippen LogP contribution in [0.3, 0.4) is 0 Å². The number of benzene rings is 1. The molecule has 126 valence electrons. The fourth-order valence-electron chi connectivity index (χ4n) is 2.49. The monoisotopic (exact) mass is 409 g/mol. The van der Waals surface area contributed by atoms with Crippen LogP contribution in [-0.4, -0.2) is 32.2 Å². The molecule has 2 aromatic rings. The first kappa shape index (κ1) is 17.1. The number of methoxy groups -OCH3 is 1. The van der Waals surface area contributed by atoms with Gasteiger partial charge < -0.3 is 14.8 Å². The van der Waals surface area contributed by atoms with Gasteiger partial charge in [0, 0.05) is 16.0 Å². The van der Waals surface area contributed by atoms with Crippen molar-refractivity contribution in [3.05, 3.63) is 39.7 Å². The van der Waals surface area contributed by atoms with Gasteiger partial charge in [-0.2, -0.15) is 0 Å². The zero-order valence-corrected chi connectivity index (χ0v) is 15.4. The van der Waals surface area contributed by atoms with Crippen LogP contribution in [0, 0.1) is 5.92 Å². The largest absolute Gasteiger partial charge is 0.465 e. The van der Waals surface area contributed by atoms with Crippen molar-refractivity contribution in [1.29, 1.82) is 0 Å². The van der Waals surface area contributed by atoms with Crippen molar-refractivity contribution in [2.24, 2.45) is 5.92 Å². The molecule has 7 heteroatoms. The zero-order valence-electron chi connectivity index (χ0n) is 13.0. The predicted molar refractivity (Wildman–Crippen MR) is 96.4 cm³/mol. The molecule has 1 N–H and O–H groups in total. The number of esters is 1. The number of carbonyl (C=O) groups is 2. The summed E-state index contributed by atoms with van der Waals surface area (Å²) in [5.41, 5.74) is 1.45. The highest BCUT2D eigenvalue weighted by Crippen LogP contribution is 2.36. The minimum atomic E-state index is -0.459. The summed E-state index contributed by atoms with van der Waals surface area (Å²) in [5, 5.41) is 2.85. The maximum absolute atomic E-state index is 12.3. The maximum atomic E-state index is 12.3. The van der Waals surface area contributed by atoms with E-state index in [0.29, 0.717) is 30.2 Å². The van der Waals surface area contributed by atoms with Crippen LogP contribution in [0.15, 0.2) is 34.8 Å². The van der Waals surface area contributed by atoms with Crippen LogP contribution in [-0.2, 0) is 14.3 Å². The third kappa shape index (κ3) is 3.68. The van der Waals surface area contributed by atoms with Gasteiger partial charge in [-0.05, 0) is 30.2 Å². The fraction of sp³-hybridized carbons (Fsp3) is 0.294. The number of hydrogen-bond donors (Lipinski definition) is 1. The number of anilines is 1. The average Bonchev–Trinajstić information content (AvgIpc) is 3.24. The summed E-state index contributed by atoms with van der Waals surface area (Å²) in [5.74, 6) is -0.764. The van der Waals surface area contributed by atoms with Gasteiger partial charge in [0.2, 0.25) is 5.91 Å². The van der Waals surface area contributed by atoms with Gasteiger partial charge in [0.05, 0.1) is 25.3 Å². The lowest BCUT2D eigenvalue weighted by Crippen LogP contribution is -2.23. The lowest BCUT2D eigenvalue weighted by molar-refractivity contribution is -0.119. The molecule has 5 nitrogen and oxygen atoms in total. The van der Waals surface area contributed by atoms with Gasteiger partial charge in [0.25, 0.3) is 0 Å². The Labute approximate surface area is 152 Å². The van der Waals surface area contributed by atoms with E-state index in [2.05, 4.69) is 21.2 Å². The standard InChI is InChI=1S/C17H16BrNO4S/c1-22-17(21)15-13(19-16(20)11-5-6-23-9-11)8-14(24-15)10-3-2-4-12(18)7-10/h2-4,7-8,11H,5-6,9H2,1H3,(H,19,20). The molecule has 1 aromatic carbocycles. The summed E-state index contributed by atoms with van der Waals surface area (Å²) in [7, 11) is 1.33. The number of thiophene rings is 1. The Morgan fingerprint density at radius 1 is 1.38 bits per heavy atom. The summed E-state index contributed by atoms with van der Waals surface area (Å²) >= 11 is 4.74. The Balaban J connectivity index is 1.91. The van der Waals surface area contributed by atoms with E-state index in [1.54, 1.807) is 0 Å². The third-order valence-corrected chi connectivity index (χ3v) is 5.43.